The van der Waals surface area contributed by atoms with Crippen molar-refractivity contribution in [1.29, 1.82) is 0 Å². The molecule has 1 aliphatic heterocycles. The summed E-state index contributed by atoms with van der Waals surface area (Å²) < 4.78 is 9.88. The first-order valence-electron chi connectivity index (χ1n) is 7.93. The van der Waals surface area contributed by atoms with Gasteiger partial charge in [-0.2, -0.15) is 0 Å². The predicted molar refractivity (Wildman–Crippen MR) is 85.1 cm³/mol. The van der Waals surface area contributed by atoms with Crippen LogP contribution >= 0.6 is 0 Å². The quantitative estimate of drug-likeness (QED) is 0.711. The van der Waals surface area contributed by atoms with Gasteiger partial charge in [0, 0.05) is 19.4 Å². The second-order valence-corrected chi connectivity index (χ2v) is 5.85. The average molecular weight is 321 g/mol. The number of ether oxygens (including phenoxy) is 2. The molecule has 0 spiro atoms. The number of carbonyl (C=O) groups is 2. The van der Waals surface area contributed by atoms with Gasteiger partial charge >= 0.3 is 5.97 Å². The van der Waals surface area contributed by atoms with Crippen LogP contribution in [0.25, 0.3) is 0 Å². The molecule has 1 amide bonds. The summed E-state index contributed by atoms with van der Waals surface area (Å²) in [6, 6.07) is 7.64. The van der Waals surface area contributed by atoms with Crippen LogP contribution in [0.5, 0.6) is 5.75 Å². The van der Waals surface area contributed by atoms with E-state index in [2.05, 4.69) is 5.32 Å². The molecule has 2 rings (SSSR count). The fraction of sp³-hybridized carbons (Fsp3) is 0.529. The first-order valence-corrected chi connectivity index (χ1v) is 7.93. The fourth-order valence-corrected chi connectivity index (χ4v) is 2.84. The van der Waals surface area contributed by atoms with Crippen LogP contribution < -0.4 is 15.0 Å². The Labute approximate surface area is 136 Å². The van der Waals surface area contributed by atoms with Gasteiger partial charge in [-0.05, 0) is 17.7 Å². The molecule has 6 heteroatoms. The Hall–Kier alpha value is -2.08. The van der Waals surface area contributed by atoms with Crippen molar-refractivity contribution < 1.29 is 24.0 Å². The van der Waals surface area contributed by atoms with Crippen LogP contribution in [0.2, 0.25) is 0 Å². The number of nitrogens with one attached hydrogen (secondary N) is 2. The van der Waals surface area contributed by atoms with E-state index in [4.69, 9.17) is 9.47 Å². The number of esters is 1. The minimum atomic E-state index is -0.131. The van der Waals surface area contributed by atoms with Crippen molar-refractivity contribution in [1.82, 2.24) is 5.32 Å². The van der Waals surface area contributed by atoms with Crippen LogP contribution in [0.3, 0.4) is 0 Å². The van der Waals surface area contributed by atoms with Crippen LogP contribution in [0.15, 0.2) is 24.3 Å². The zero-order chi connectivity index (χ0) is 16.7. The van der Waals surface area contributed by atoms with Crippen LogP contribution in [-0.4, -0.2) is 45.7 Å². The van der Waals surface area contributed by atoms with Gasteiger partial charge in [-0.1, -0.05) is 12.1 Å². The van der Waals surface area contributed by atoms with Crippen molar-refractivity contribution in [2.24, 2.45) is 5.92 Å². The molecule has 1 aromatic rings. The monoisotopic (exact) mass is 321 g/mol. The molecule has 0 radical (unpaired) electrons. The van der Waals surface area contributed by atoms with Gasteiger partial charge in [0.15, 0.2) is 6.54 Å². The zero-order valence-electron chi connectivity index (χ0n) is 13.8. The van der Waals surface area contributed by atoms with Crippen molar-refractivity contribution in [2.45, 2.75) is 19.4 Å². The Morgan fingerprint density at radius 3 is 2.39 bits per heavy atom. The number of rotatable bonds is 6. The Morgan fingerprint density at radius 2 is 1.83 bits per heavy atom. The Balaban J connectivity index is 1.70. The van der Waals surface area contributed by atoms with Crippen LogP contribution in [0.1, 0.15) is 18.4 Å². The molecule has 126 valence electrons. The SMILES string of the molecule is COC(=O)C1CC[NH+](CC(=O)NCc2ccc(OC)cc2)CC1. The van der Waals surface area contributed by atoms with E-state index in [-0.39, 0.29) is 17.8 Å². The minimum Gasteiger partial charge on any atom is -0.497 e. The van der Waals surface area contributed by atoms with Gasteiger partial charge in [0.2, 0.25) is 0 Å². The molecule has 0 aliphatic carbocycles. The van der Waals surface area contributed by atoms with Crippen LogP contribution in [0.4, 0.5) is 0 Å². The number of hydrogen-bond acceptors (Lipinski definition) is 4. The standard InChI is InChI=1S/C17H24N2O4/c1-22-15-5-3-13(4-6-15)11-18-16(20)12-19-9-7-14(8-10-19)17(21)23-2/h3-6,14H,7-12H2,1-2H3,(H,18,20)/p+1. The van der Waals surface area contributed by atoms with Crippen molar-refractivity contribution in [2.75, 3.05) is 33.9 Å². The summed E-state index contributed by atoms with van der Waals surface area (Å²) in [4.78, 5) is 24.7. The number of methoxy groups -OCH3 is 2. The maximum atomic E-state index is 12.0. The summed E-state index contributed by atoms with van der Waals surface area (Å²) in [5, 5.41) is 2.94. The highest BCUT2D eigenvalue weighted by Gasteiger charge is 2.28. The Morgan fingerprint density at radius 1 is 1.17 bits per heavy atom. The van der Waals surface area contributed by atoms with E-state index in [0.717, 1.165) is 37.2 Å². The molecule has 1 aliphatic rings. The van der Waals surface area contributed by atoms with E-state index in [1.807, 2.05) is 24.3 Å². The molecule has 23 heavy (non-hydrogen) atoms. The van der Waals surface area contributed by atoms with Gasteiger partial charge in [-0.25, -0.2) is 0 Å². The topological polar surface area (TPSA) is 69.1 Å². The van der Waals surface area contributed by atoms with E-state index in [1.165, 1.54) is 12.0 Å². The van der Waals surface area contributed by atoms with Crippen LogP contribution in [0, 0.1) is 5.92 Å². The number of amides is 1. The molecule has 1 fully saturated rings. The molecule has 2 N–H and O–H groups in total. The smallest absolute Gasteiger partial charge is 0.309 e. The fourth-order valence-electron chi connectivity index (χ4n) is 2.84. The lowest BCUT2D eigenvalue weighted by Gasteiger charge is -2.27. The van der Waals surface area contributed by atoms with Gasteiger partial charge in [0.25, 0.3) is 5.91 Å². The molecule has 1 aromatic carbocycles. The lowest BCUT2D eigenvalue weighted by molar-refractivity contribution is -0.897. The Kier molecular flexibility index (Phi) is 6.40. The van der Waals surface area contributed by atoms with E-state index in [0.29, 0.717) is 13.1 Å². The summed E-state index contributed by atoms with van der Waals surface area (Å²) in [5.41, 5.74) is 1.04. The third kappa shape index (κ3) is 5.25. The lowest BCUT2D eigenvalue weighted by atomic mass is 9.97. The number of carbonyl (C=O) groups excluding carboxylic acids is 2. The highest BCUT2D eigenvalue weighted by atomic mass is 16.5. The number of quaternary nitrogens is 1. The number of piperidine rings is 1. The molecule has 0 unspecified atom stereocenters. The molecule has 0 bridgehead atoms. The predicted octanol–water partition coefficient (Wildman–Crippen LogP) is -0.221. The van der Waals surface area contributed by atoms with E-state index in [1.54, 1.807) is 7.11 Å². The second-order valence-electron chi connectivity index (χ2n) is 5.85. The molecule has 6 nitrogen and oxygen atoms in total. The van der Waals surface area contributed by atoms with Gasteiger partial charge in [0.1, 0.15) is 5.75 Å². The average Bonchev–Trinajstić information content (AvgIpc) is 2.60. The van der Waals surface area contributed by atoms with Gasteiger partial charge < -0.3 is 19.7 Å². The van der Waals surface area contributed by atoms with Crippen molar-refractivity contribution in [3.63, 3.8) is 0 Å². The summed E-state index contributed by atoms with van der Waals surface area (Å²) in [6.07, 6.45) is 1.57. The summed E-state index contributed by atoms with van der Waals surface area (Å²) in [5.74, 6) is 0.699. The molecule has 0 atom stereocenters. The normalized spacial score (nSPS) is 20.6. The maximum absolute atomic E-state index is 12.0. The number of hydrogen-bond donors (Lipinski definition) is 2. The first-order chi connectivity index (χ1) is 11.1. The third-order valence-electron chi connectivity index (χ3n) is 4.29. The zero-order valence-corrected chi connectivity index (χ0v) is 13.8. The van der Waals surface area contributed by atoms with E-state index in [9.17, 15) is 9.59 Å². The van der Waals surface area contributed by atoms with Crippen LogP contribution in [-0.2, 0) is 20.9 Å². The van der Waals surface area contributed by atoms with E-state index < -0.39 is 0 Å². The molecule has 1 heterocycles. The highest BCUT2D eigenvalue weighted by molar-refractivity contribution is 5.76. The first kappa shape index (κ1) is 17.3. The minimum absolute atomic E-state index is 0.00823. The van der Waals surface area contributed by atoms with Gasteiger partial charge in [-0.3, -0.25) is 9.59 Å². The summed E-state index contributed by atoms with van der Waals surface area (Å²) in [6.45, 7) is 2.62. The molecule has 0 saturated carbocycles. The van der Waals surface area contributed by atoms with E-state index >= 15 is 0 Å². The number of likely N-dealkylation sites (tertiary alicyclic amines) is 1. The Bertz CT molecular complexity index is 522. The maximum Gasteiger partial charge on any atom is 0.309 e. The largest absolute Gasteiger partial charge is 0.497 e. The molecule has 0 aromatic heterocycles. The van der Waals surface area contributed by atoms with Crippen molar-refractivity contribution >= 4 is 11.9 Å². The second kappa shape index (κ2) is 8.53. The highest BCUT2D eigenvalue weighted by Crippen LogP contribution is 2.11. The van der Waals surface area contributed by atoms with Crippen molar-refractivity contribution in [3.8, 4) is 5.75 Å². The van der Waals surface area contributed by atoms with Gasteiger partial charge in [-0.15, -0.1) is 0 Å². The molecule has 1 saturated heterocycles. The third-order valence-corrected chi connectivity index (χ3v) is 4.29. The van der Waals surface area contributed by atoms with Crippen molar-refractivity contribution in [3.05, 3.63) is 29.8 Å². The lowest BCUT2D eigenvalue weighted by Crippen LogP contribution is -3.14. The molecular formula is C17H25N2O4+. The summed E-state index contributed by atoms with van der Waals surface area (Å²) >= 11 is 0. The molecular weight excluding hydrogens is 296 g/mol. The van der Waals surface area contributed by atoms with Gasteiger partial charge in [0.05, 0.1) is 33.2 Å². The number of benzene rings is 1. The summed E-state index contributed by atoms with van der Waals surface area (Å²) in [7, 11) is 3.05.